The second kappa shape index (κ2) is 9.44. The summed E-state index contributed by atoms with van der Waals surface area (Å²) in [5.41, 5.74) is 5.21. The molecule has 1 rings (SSSR count). The Morgan fingerprint density at radius 1 is 1.57 bits per heavy atom. The Kier molecular flexibility index (Phi) is 8.74. The van der Waals surface area contributed by atoms with Crippen molar-refractivity contribution in [2.24, 2.45) is 0 Å². The summed E-state index contributed by atoms with van der Waals surface area (Å²) in [5.74, 6) is -2.74. The number of carboxylic acids is 1. The number of nitrogens with zero attached hydrogens (tertiary/aromatic N) is 1. The van der Waals surface area contributed by atoms with E-state index in [1.807, 2.05) is 0 Å². The molecule has 2 unspecified atom stereocenters. The summed E-state index contributed by atoms with van der Waals surface area (Å²) in [5, 5.41) is 19.2. The molecule has 0 amide bonds. The fraction of sp³-hybridized carbons (Fsp3) is 0.769. The van der Waals surface area contributed by atoms with Crippen molar-refractivity contribution in [3.05, 3.63) is 0 Å². The average Bonchev–Trinajstić information content (AvgIpc) is 2.84. The highest BCUT2D eigenvalue weighted by Gasteiger charge is 2.41. The second-order valence-corrected chi connectivity index (χ2v) is 5.05. The standard InChI is InChI=1S/C11H20N4O.C2HF3O2/c1-3-9(2)15-14-7-5-11(8-12)10(16)4-6-13-11;3-2(4,5)1(6)7/h9,13-15H,3-7H2,1-2H3;(H,6,7). The number of carboxylic acid groups (broad SMARTS) is 1. The zero-order chi connectivity index (χ0) is 18.1. The zero-order valence-electron chi connectivity index (χ0n) is 13.0. The van der Waals surface area contributed by atoms with Crippen molar-refractivity contribution in [2.45, 2.75) is 50.9 Å². The van der Waals surface area contributed by atoms with Gasteiger partial charge < -0.3 is 5.11 Å². The lowest BCUT2D eigenvalue weighted by atomic mass is 9.94. The minimum atomic E-state index is -5.08. The van der Waals surface area contributed by atoms with Crippen LogP contribution in [0, 0.1) is 11.3 Å². The highest BCUT2D eigenvalue weighted by atomic mass is 19.4. The molecule has 0 saturated carbocycles. The molecule has 0 aromatic rings. The number of ketones is 1. The molecule has 4 N–H and O–H groups in total. The van der Waals surface area contributed by atoms with Crippen LogP contribution in [0.5, 0.6) is 0 Å². The molecule has 0 radical (unpaired) electrons. The third-order valence-corrected chi connectivity index (χ3v) is 3.27. The predicted octanol–water partition coefficient (Wildman–Crippen LogP) is 0.727. The van der Waals surface area contributed by atoms with Gasteiger partial charge in [-0.05, 0) is 13.3 Å². The number of carbonyl (C=O) groups excluding carboxylic acids is 1. The molecule has 23 heavy (non-hydrogen) atoms. The van der Waals surface area contributed by atoms with Crippen LogP contribution in [0.2, 0.25) is 0 Å². The number of nitriles is 1. The molecule has 10 heteroatoms. The SMILES string of the molecule is CCC(C)NNCCC1(C#N)NCCC1=O.O=C(O)C(F)(F)F. The number of hydrazine groups is 1. The molecule has 1 heterocycles. The Morgan fingerprint density at radius 3 is 2.48 bits per heavy atom. The summed E-state index contributed by atoms with van der Waals surface area (Å²) in [6, 6.07) is 2.49. The first-order chi connectivity index (χ1) is 10.6. The summed E-state index contributed by atoms with van der Waals surface area (Å²) in [6.45, 7) is 5.39. The largest absolute Gasteiger partial charge is 0.490 e. The Hall–Kier alpha value is -1.70. The number of nitrogens with one attached hydrogen (secondary N) is 3. The maximum atomic E-state index is 11.6. The van der Waals surface area contributed by atoms with Gasteiger partial charge in [0.25, 0.3) is 0 Å². The number of rotatable bonds is 6. The van der Waals surface area contributed by atoms with E-state index < -0.39 is 17.7 Å². The molecule has 7 nitrogen and oxygen atoms in total. The lowest BCUT2D eigenvalue weighted by Crippen LogP contribution is -2.48. The summed E-state index contributed by atoms with van der Waals surface area (Å²) in [6.07, 6.45) is -3.08. The van der Waals surface area contributed by atoms with Crippen LogP contribution in [0.3, 0.4) is 0 Å². The lowest BCUT2D eigenvalue weighted by Gasteiger charge is -2.20. The fourth-order valence-corrected chi connectivity index (χ4v) is 1.69. The highest BCUT2D eigenvalue weighted by molar-refractivity contribution is 5.93. The third-order valence-electron chi connectivity index (χ3n) is 3.27. The Morgan fingerprint density at radius 2 is 2.13 bits per heavy atom. The summed E-state index contributed by atoms with van der Waals surface area (Å²) < 4.78 is 31.7. The van der Waals surface area contributed by atoms with Crippen LogP contribution in [0.4, 0.5) is 13.2 Å². The number of alkyl halides is 3. The normalized spacial score (nSPS) is 22.0. The number of aliphatic carboxylic acids is 1. The fourth-order valence-electron chi connectivity index (χ4n) is 1.69. The molecule has 2 atom stereocenters. The van der Waals surface area contributed by atoms with E-state index in [0.29, 0.717) is 32.0 Å². The van der Waals surface area contributed by atoms with Crippen LogP contribution in [0.15, 0.2) is 0 Å². The maximum Gasteiger partial charge on any atom is 0.490 e. The van der Waals surface area contributed by atoms with E-state index in [2.05, 4.69) is 36.1 Å². The van der Waals surface area contributed by atoms with Crippen LogP contribution >= 0.6 is 0 Å². The third kappa shape index (κ3) is 7.40. The molecule has 1 saturated heterocycles. The molecule has 0 spiro atoms. The van der Waals surface area contributed by atoms with Crippen molar-refractivity contribution >= 4 is 11.8 Å². The minimum absolute atomic E-state index is 0.0142. The number of halogens is 3. The van der Waals surface area contributed by atoms with Gasteiger partial charge in [-0.15, -0.1) is 0 Å². The second-order valence-electron chi connectivity index (χ2n) is 5.05. The van der Waals surface area contributed by atoms with Crippen molar-refractivity contribution in [1.29, 1.82) is 5.26 Å². The van der Waals surface area contributed by atoms with E-state index in [4.69, 9.17) is 15.2 Å². The summed E-state index contributed by atoms with van der Waals surface area (Å²) >= 11 is 0. The molecular formula is C13H21F3N4O3. The Labute approximate surface area is 132 Å². The number of carbonyl (C=O) groups is 2. The first-order valence-corrected chi connectivity index (χ1v) is 7.07. The predicted molar refractivity (Wildman–Crippen MR) is 75.2 cm³/mol. The van der Waals surface area contributed by atoms with E-state index in [1.54, 1.807) is 0 Å². The number of hydrogen-bond acceptors (Lipinski definition) is 6. The van der Waals surface area contributed by atoms with Gasteiger partial charge in [-0.1, -0.05) is 6.92 Å². The van der Waals surface area contributed by atoms with Gasteiger partial charge >= 0.3 is 12.1 Å². The van der Waals surface area contributed by atoms with E-state index in [0.717, 1.165) is 6.42 Å². The van der Waals surface area contributed by atoms with Gasteiger partial charge in [-0.25, -0.2) is 4.79 Å². The minimum Gasteiger partial charge on any atom is -0.475 e. The Bertz CT molecular complexity index is 451. The highest BCUT2D eigenvalue weighted by Crippen LogP contribution is 2.17. The summed E-state index contributed by atoms with van der Waals surface area (Å²) in [7, 11) is 0. The van der Waals surface area contributed by atoms with Crippen LogP contribution in [0.25, 0.3) is 0 Å². The van der Waals surface area contributed by atoms with Crippen LogP contribution in [-0.4, -0.2) is 47.7 Å². The number of Topliss-reactive ketones (excluding diaryl/α,β-unsaturated/α-hetero) is 1. The first-order valence-electron chi connectivity index (χ1n) is 7.07. The van der Waals surface area contributed by atoms with Gasteiger partial charge in [0.2, 0.25) is 0 Å². The zero-order valence-corrected chi connectivity index (χ0v) is 13.0. The van der Waals surface area contributed by atoms with Crippen molar-refractivity contribution in [3.63, 3.8) is 0 Å². The lowest BCUT2D eigenvalue weighted by molar-refractivity contribution is -0.192. The molecule has 132 valence electrons. The van der Waals surface area contributed by atoms with Crippen molar-refractivity contribution in [2.75, 3.05) is 13.1 Å². The average molecular weight is 338 g/mol. The maximum absolute atomic E-state index is 11.6. The van der Waals surface area contributed by atoms with E-state index >= 15 is 0 Å². The van der Waals surface area contributed by atoms with Gasteiger partial charge in [0.15, 0.2) is 11.3 Å². The molecule has 0 aliphatic carbocycles. The molecule has 0 aromatic heterocycles. The van der Waals surface area contributed by atoms with E-state index in [-0.39, 0.29) is 5.78 Å². The van der Waals surface area contributed by atoms with Gasteiger partial charge in [-0.3, -0.25) is 21.0 Å². The molecule has 1 aliphatic rings. The number of hydrogen-bond donors (Lipinski definition) is 4. The molecular weight excluding hydrogens is 317 g/mol. The molecule has 1 fully saturated rings. The van der Waals surface area contributed by atoms with Crippen LogP contribution in [-0.2, 0) is 9.59 Å². The van der Waals surface area contributed by atoms with Crippen LogP contribution in [0.1, 0.15) is 33.1 Å². The van der Waals surface area contributed by atoms with Gasteiger partial charge in [-0.2, -0.15) is 18.4 Å². The molecule has 0 bridgehead atoms. The van der Waals surface area contributed by atoms with E-state index in [9.17, 15) is 18.0 Å². The van der Waals surface area contributed by atoms with Crippen molar-refractivity contribution < 1.29 is 27.9 Å². The van der Waals surface area contributed by atoms with Gasteiger partial charge in [0.1, 0.15) is 0 Å². The Balaban J connectivity index is 0.000000585. The van der Waals surface area contributed by atoms with Gasteiger partial charge in [0.05, 0.1) is 6.07 Å². The van der Waals surface area contributed by atoms with Crippen LogP contribution < -0.4 is 16.2 Å². The van der Waals surface area contributed by atoms with E-state index in [1.165, 1.54) is 0 Å². The van der Waals surface area contributed by atoms with Crippen molar-refractivity contribution in [3.8, 4) is 6.07 Å². The topological polar surface area (TPSA) is 114 Å². The monoisotopic (exact) mass is 338 g/mol. The first kappa shape index (κ1) is 21.3. The molecule has 1 aliphatic heterocycles. The summed E-state index contributed by atoms with van der Waals surface area (Å²) in [4.78, 5) is 20.5. The van der Waals surface area contributed by atoms with Crippen molar-refractivity contribution in [1.82, 2.24) is 16.2 Å². The quantitative estimate of drug-likeness (QED) is 0.417. The molecule has 0 aromatic carbocycles. The van der Waals surface area contributed by atoms with Gasteiger partial charge in [0, 0.05) is 32.0 Å². The smallest absolute Gasteiger partial charge is 0.475 e.